The van der Waals surface area contributed by atoms with Crippen molar-refractivity contribution in [2.75, 3.05) is 12.8 Å². The van der Waals surface area contributed by atoms with E-state index >= 15 is 0 Å². The Morgan fingerprint density at radius 1 is 1.14 bits per heavy atom. The third-order valence-electron chi connectivity index (χ3n) is 3.95. The van der Waals surface area contributed by atoms with Crippen LogP contribution >= 0.6 is 0 Å². The fraction of sp³-hybridized carbons (Fsp3) is 0.167. The molecule has 22 heavy (non-hydrogen) atoms. The minimum Gasteiger partial charge on any atom is -0.399 e. The summed E-state index contributed by atoms with van der Waals surface area (Å²) in [5, 5.41) is 1.19. The molecule has 4 heteroatoms. The van der Waals surface area contributed by atoms with Crippen molar-refractivity contribution in [3.63, 3.8) is 0 Å². The van der Waals surface area contributed by atoms with E-state index in [9.17, 15) is 4.79 Å². The SMILES string of the molecule is CN(Cc1cc2ccccc2n1C)C(=O)c1ccc(N)cc1. The number of anilines is 1. The summed E-state index contributed by atoms with van der Waals surface area (Å²) in [5.41, 5.74) is 9.25. The number of hydrogen-bond acceptors (Lipinski definition) is 2. The average Bonchev–Trinajstić information content (AvgIpc) is 2.84. The maximum atomic E-state index is 12.5. The zero-order chi connectivity index (χ0) is 15.7. The number of hydrogen-bond donors (Lipinski definition) is 1. The number of rotatable bonds is 3. The Kier molecular flexibility index (Phi) is 3.59. The Balaban J connectivity index is 1.83. The molecule has 3 rings (SSSR count). The van der Waals surface area contributed by atoms with Crippen molar-refractivity contribution in [3.8, 4) is 0 Å². The van der Waals surface area contributed by atoms with E-state index in [0.717, 1.165) is 5.69 Å². The average molecular weight is 293 g/mol. The summed E-state index contributed by atoms with van der Waals surface area (Å²) in [7, 11) is 3.84. The van der Waals surface area contributed by atoms with Gasteiger partial charge in [-0.3, -0.25) is 4.79 Å². The van der Waals surface area contributed by atoms with Crippen LogP contribution in [0, 0.1) is 0 Å². The van der Waals surface area contributed by atoms with E-state index in [1.165, 1.54) is 10.9 Å². The predicted molar refractivity (Wildman–Crippen MR) is 89.6 cm³/mol. The Bertz CT molecular complexity index is 818. The lowest BCUT2D eigenvalue weighted by Gasteiger charge is -2.18. The molecule has 3 aromatic rings. The highest BCUT2D eigenvalue weighted by Gasteiger charge is 2.14. The monoisotopic (exact) mass is 293 g/mol. The molecule has 1 amide bonds. The molecule has 0 radical (unpaired) electrons. The number of nitrogen functional groups attached to an aromatic ring is 1. The standard InChI is InChI=1S/C18H19N3O/c1-20(18(22)13-7-9-15(19)10-8-13)12-16-11-14-5-3-4-6-17(14)21(16)2/h3-11H,12,19H2,1-2H3. The van der Waals surface area contributed by atoms with Gasteiger partial charge in [-0.25, -0.2) is 0 Å². The van der Waals surface area contributed by atoms with E-state index in [4.69, 9.17) is 5.73 Å². The molecule has 0 saturated carbocycles. The Labute approximate surface area is 129 Å². The number of nitrogens with two attached hydrogens (primary N) is 1. The van der Waals surface area contributed by atoms with Crippen molar-refractivity contribution in [1.82, 2.24) is 9.47 Å². The lowest BCUT2D eigenvalue weighted by Crippen LogP contribution is -2.27. The van der Waals surface area contributed by atoms with E-state index < -0.39 is 0 Å². The zero-order valence-corrected chi connectivity index (χ0v) is 12.8. The molecule has 0 fully saturated rings. The highest BCUT2D eigenvalue weighted by atomic mass is 16.2. The molecule has 0 atom stereocenters. The van der Waals surface area contributed by atoms with Gasteiger partial charge in [0.05, 0.1) is 6.54 Å². The molecule has 2 aromatic carbocycles. The highest BCUT2D eigenvalue weighted by molar-refractivity contribution is 5.94. The molecular formula is C18H19N3O. The van der Waals surface area contributed by atoms with Crippen LogP contribution in [0.15, 0.2) is 54.6 Å². The van der Waals surface area contributed by atoms with Crippen molar-refractivity contribution in [3.05, 3.63) is 65.9 Å². The van der Waals surface area contributed by atoms with E-state index in [-0.39, 0.29) is 5.91 Å². The van der Waals surface area contributed by atoms with Gasteiger partial charge in [0.2, 0.25) is 0 Å². The Morgan fingerprint density at radius 2 is 1.82 bits per heavy atom. The van der Waals surface area contributed by atoms with E-state index in [1.54, 1.807) is 29.2 Å². The summed E-state index contributed by atoms with van der Waals surface area (Å²) in [5.74, 6) is -0.00902. The summed E-state index contributed by atoms with van der Waals surface area (Å²) >= 11 is 0. The molecule has 2 N–H and O–H groups in total. The minimum atomic E-state index is -0.00902. The van der Waals surface area contributed by atoms with E-state index in [2.05, 4.69) is 22.8 Å². The number of nitrogens with zero attached hydrogens (tertiary/aromatic N) is 2. The van der Waals surface area contributed by atoms with Gasteiger partial charge in [-0.05, 0) is 41.8 Å². The van der Waals surface area contributed by atoms with Crippen LogP contribution in [0.5, 0.6) is 0 Å². The molecule has 0 spiro atoms. The van der Waals surface area contributed by atoms with Crippen LogP contribution in [0.3, 0.4) is 0 Å². The van der Waals surface area contributed by atoms with Gasteiger partial charge in [0, 0.05) is 36.6 Å². The normalized spacial score (nSPS) is 10.8. The van der Waals surface area contributed by atoms with Gasteiger partial charge in [-0.2, -0.15) is 0 Å². The van der Waals surface area contributed by atoms with Crippen LogP contribution in [0.1, 0.15) is 16.1 Å². The lowest BCUT2D eigenvalue weighted by atomic mass is 10.2. The van der Waals surface area contributed by atoms with E-state index in [1.807, 2.05) is 26.2 Å². The topological polar surface area (TPSA) is 51.3 Å². The minimum absolute atomic E-state index is 0.00902. The molecule has 4 nitrogen and oxygen atoms in total. The third kappa shape index (κ3) is 2.55. The molecule has 1 heterocycles. The highest BCUT2D eigenvalue weighted by Crippen LogP contribution is 2.20. The number of carbonyl (C=O) groups is 1. The van der Waals surface area contributed by atoms with Gasteiger partial charge < -0.3 is 15.2 Å². The van der Waals surface area contributed by atoms with Crippen molar-refractivity contribution < 1.29 is 4.79 Å². The maximum Gasteiger partial charge on any atom is 0.253 e. The number of fused-ring (bicyclic) bond motifs is 1. The van der Waals surface area contributed by atoms with Crippen molar-refractivity contribution in [1.29, 1.82) is 0 Å². The molecule has 1 aromatic heterocycles. The molecule has 0 aliphatic heterocycles. The number of para-hydroxylation sites is 1. The summed E-state index contributed by atoms with van der Waals surface area (Å²) in [6.07, 6.45) is 0. The quantitative estimate of drug-likeness (QED) is 0.755. The first-order valence-corrected chi connectivity index (χ1v) is 7.20. The summed E-state index contributed by atoms with van der Waals surface area (Å²) < 4.78 is 2.13. The van der Waals surface area contributed by atoms with Gasteiger partial charge in [-0.1, -0.05) is 18.2 Å². The number of amides is 1. The molecular weight excluding hydrogens is 274 g/mol. The largest absolute Gasteiger partial charge is 0.399 e. The molecule has 0 unspecified atom stereocenters. The van der Waals surface area contributed by atoms with Crippen molar-refractivity contribution in [2.45, 2.75) is 6.54 Å². The Hall–Kier alpha value is -2.75. The summed E-state index contributed by atoms with van der Waals surface area (Å²) in [4.78, 5) is 14.2. The first-order chi connectivity index (χ1) is 10.6. The number of benzene rings is 2. The molecule has 0 bridgehead atoms. The lowest BCUT2D eigenvalue weighted by molar-refractivity contribution is 0.0782. The second kappa shape index (κ2) is 5.56. The summed E-state index contributed by atoms with van der Waals surface area (Å²) in [6, 6.07) is 17.4. The summed E-state index contributed by atoms with van der Waals surface area (Å²) in [6.45, 7) is 0.564. The number of aromatic nitrogens is 1. The fourth-order valence-electron chi connectivity index (χ4n) is 2.66. The smallest absolute Gasteiger partial charge is 0.253 e. The Morgan fingerprint density at radius 3 is 2.50 bits per heavy atom. The third-order valence-corrected chi connectivity index (χ3v) is 3.95. The predicted octanol–water partition coefficient (Wildman–Crippen LogP) is 3.03. The van der Waals surface area contributed by atoms with E-state index in [0.29, 0.717) is 17.8 Å². The maximum absolute atomic E-state index is 12.5. The van der Waals surface area contributed by atoms with Gasteiger partial charge in [0.1, 0.15) is 0 Å². The second-order valence-corrected chi connectivity index (χ2v) is 5.54. The molecule has 0 aliphatic carbocycles. The fourth-order valence-corrected chi connectivity index (χ4v) is 2.66. The van der Waals surface area contributed by atoms with Crippen LogP contribution in [-0.4, -0.2) is 22.4 Å². The van der Waals surface area contributed by atoms with Crippen LogP contribution in [0.25, 0.3) is 10.9 Å². The second-order valence-electron chi connectivity index (χ2n) is 5.54. The van der Waals surface area contributed by atoms with Crippen LogP contribution < -0.4 is 5.73 Å². The van der Waals surface area contributed by atoms with Gasteiger partial charge in [0.15, 0.2) is 0 Å². The van der Waals surface area contributed by atoms with Crippen molar-refractivity contribution in [2.24, 2.45) is 7.05 Å². The zero-order valence-electron chi connectivity index (χ0n) is 12.8. The van der Waals surface area contributed by atoms with Gasteiger partial charge in [0.25, 0.3) is 5.91 Å². The molecule has 0 saturated heterocycles. The first-order valence-electron chi connectivity index (χ1n) is 7.20. The molecule has 112 valence electrons. The van der Waals surface area contributed by atoms with Crippen LogP contribution in [0.4, 0.5) is 5.69 Å². The van der Waals surface area contributed by atoms with Gasteiger partial charge in [-0.15, -0.1) is 0 Å². The van der Waals surface area contributed by atoms with Crippen molar-refractivity contribution >= 4 is 22.5 Å². The molecule has 0 aliphatic rings. The van der Waals surface area contributed by atoms with Gasteiger partial charge >= 0.3 is 0 Å². The first kappa shape index (κ1) is 14.2. The number of aryl methyl sites for hydroxylation is 1. The number of carbonyl (C=O) groups excluding carboxylic acids is 1. The van der Waals surface area contributed by atoms with Crippen LogP contribution in [-0.2, 0) is 13.6 Å². The van der Waals surface area contributed by atoms with Crippen LogP contribution in [0.2, 0.25) is 0 Å².